The summed E-state index contributed by atoms with van der Waals surface area (Å²) >= 11 is 0. The Balaban J connectivity index is 3.32. The molecule has 0 bridgehead atoms. The summed E-state index contributed by atoms with van der Waals surface area (Å²) in [5, 5.41) is 3.19. The second-order valence-corrected chi connectivity index (χ2v) is 8.69. The normalized spacial score (nSPS) is 14.1. The van der Waals surface area contributed by atoms with Crippen LogP contribution in [0, 0.1) is 11.8 Å². The Labute approximate surface area is 115 Å². The van der Waals surface area contributed by atoms with Gasteiger partial charge in [-0.2, -0.15) is 8.42 Å². The predicted molar refractivity (Wildman–Crippen MR) is 79.3 cm³/mol. The molecular weight excluding hydrogens is 270 g/mol. The van der Waals surface area contributed by atoms with E-state index in [2.05, 4.69) is 26.1 Å². The molecule has 4 nitrogen and oxygen atoms in total. The molecule has 0 aromatic heterocycles. The highest BCUT2D eigenvalue weighted by molar-refractivity contribution is 8.69. The van der Waals surface area contributed by atoms with Crippen molar-refractivity contribution >= 4 is 19.9 Å². The Morgan fingerprint density at radius 3 is 2.33 bits per heavy atom. The zero-order valence-corrected chi connectivity index (χ0v) is 13.3. The highest BCUT2D eigenvalue weighted by Gasteiger charge is 2.05. The zero-order valence-electron chi connectivity index (χ0n) is 11.7. The molecule has 0 aliphatic heterocycles. The Bertz CT molecular complexity index is 292. The summed E-state index contributed by atoms with van der Waals surface area (Å²) in [7, 11) is -3.30. The molecule has 6 heteroatoms. The lowest BCUT2D eigenvalue weighted by atomic mass is 9.97. The van der Waals surface area contributed by atoms with Crippen LogP contribution in [0.15, 0.2) is 0 Å². The van der Waals surface area contributed by atoms with Crippen LogP contribution in [0.25, 0.3) is 0 Å². The fourth-order valence-corrected chi connectivity index (χ4v) is 3.03. The zero-order chi connectivity index (χ0) is 14.0. The minimum Gasteiger partial charge on any atom is -0.316 e. The molecular formula is C12H27NO3S2. The van der Waals surface area contributed by atoms with Crippen LogP contribution in [0.2, 0.25) is 0 Å². The second kappa shape index (κ2) is 10.1. The molecule has 1 unspecified atom stereocenters. The van der Waals surface area contributed by atoms with Crippen LogP contribution in [-0.2, 0) is 9.15 Å². The minimum atomic E-state index is -3.87. The molecule has 0 fully saturated rings. The van der Waals surface area contributed by atoms with Crippen molar-refractivity contribution < 1.29 is 13.0 Å². The molecule has 0 aromatic rings. The lowest BCUT2D eigenvalue weighted by Gasteiger charge is -2.12. The highest BCUT2D eigenvalue weighted by Crippen LogP contribution is 2.14. The van der Waals surface area contributed by atoms with Crippen LogP contribution in [0.5, 0.6) is 0 Å². The van der Waals surface area contributed by atoms with Crippen molar-refractivity contribution in [2.75, 3.05) is 18.8 Å². The number of nitrogens with one attached hydrogen (secondary N) is 1. The van der Waals surface area contributed by atoms with Gasteiger partial charge in [0.25, 0.3) is 0 Å². The maximum Gasteiger partial charge on any atom is 0.319 e. The predicted octanol–water partition coefficient (Wildman–Crippen LogP) is 2.96. The van der Waals surface area contributed by atoms with E-state index in [4.69, 9.17) is 4.55 Å². The van der Waals surface area contributed by atoms with Crippen molar-refractivity contribution in [2.45, 2.75) is 46.5 Å². The Kier molecular flexibility index (Phi) is 10.2. The summed E-state index contributed by atoms with van der Waals surface area (Å²) in [4.78, 5) is 0. The number of hydrogen-bond acceptors (Lipinski definition) is 4. The molecule has 0 aliphatic rings. The summed E-state index contributed by atoms with van der Waals surface area (Å²) in [6.45, 7) is 8.28. The van der Waals surface area contributed by atoms with E-state index in [1.807, 2.05) is 0 Å². The van der Waals surface area contributed by atoms with E-state index >= 15 is 0 Å². The second-order valence-electron chi connectivity index (χ2n) is 5.22. The lowest BCUT2D eigenvalue weighted by Crippen LogP contribution is -2.20. The molecule has 18 heavy (non-hydrogen) atoms. The molecule has 0 amide bonds. The first-order valence-corrected chi connectivity index (χ1v) is 9.58. The van der Waals surface area contributed by atoms with Crippen molar-refractivity contribution in [3.05, 3.63) is 0 Å². The number of rotatable bonds is 11. The van der Waals surface area contributed by atoms with Gasteiger partial charge in [-0.15, -0.1) is 0 Å². The van der Waals surface area contributed by atoms with E-state index in [1.54, 1.807) is 0 Å². The molecule has 0 aromatic carbocycles. The third kappa shape index (κ3) is 14.3. The highest BCUT2D eigenvalue weighted by atomic mass is 33.1. The Morgan fingerprint density at radius 2 is 1.78 bits per heavy atom. The van der Waals surface area contributed by atoms with Gasteiger partial charge in [-0.3, -0.25) is 4.55 Å². The van der Waals surface area contributed by atoms with Gasteiger partial charge in [0.1, 0.15) is 0 Å². The SMILES string of the molecule is CC(C)CCCC(C)CCNCCSS(=O)(=O)O. The first kappa shape index (κ1) is 18.2. The molecule has 0 saturated heterocycles. The van der Waals surface area contributed by atoms with Gasteiger partial charge in [-0.1, -0.05) is 40.0 Å². The smallest absolute Gasteiger partial charge is 0.316 e. The fourth-order valence-electron chi connectivity index (χ4n) is 1.71. The van der Waals surface area contributed by atoms with Crippen molar-refractivity contribution in [1.29, 1.82) is 0 Å². The average Bonchev–Trinajstić information content (AvgIpc) is 2.21. The van der Waals surface area contributed by atoms with Gasteiger partial charge in [0.2, 0.25) is 0 Å². The average molecular weight is 297 g/mol. The van der Waals surface area contributed by atoms with E-state index in [0.29, 0.717) is 29.0 Å². The van der Waals surface area contributed by atoms with Crippen molar-refractivity contribution in [3.8, 4) is 0 Å². The summed E-state index contributed by atoms with van der Waals surface area (Å²) in [5.41, 5.74) is 0. The fraction of sp³-hybridized carbons (Fsp3) is 1.00. The van der Waals surface area contributed by atoms with E-state index < -0.39 is 9.15 Å². The van der Waals surface area contributed by atoms with Crippen LogP contribution in [0.1, 0.15) is 46.5 Å². The van der Waals surface area contributed by atoms with Crippen LogP contribution >= 0.6 is 10.8 Å². The van der Waals surface area contributed by atoms with Crippen LogP contribution in [0.3, 0.4) is 0 Å². The number of hydrogen-bond donors (Lipinski definition) is 2. The van der Waals surface area contributed by atoms with Gasteiger partial charge in [0.15, 0.2) is 0 Å². The van der Waals surface area contributed by atoms with E-state index in [9.17, 15) is 8.42 Å². The molecule has 0 aliphatic carbocycles. The topological polar surface area (TPSA) is 66.4 Å². The summed E-state index contributed by atoms with van der Waals surface area (Å²) in [5.74, 6) is 1.89. The van der Waals surface area contributed by atoms with Gasteiger partial charge < -0.3 is 5.32 Å². The quantitative estimate of drug-likeness (QED) is 0.349. The van der Waals surface area contributed by atoms with Crippen LogP contribution in [0.4, 0.5) is 0 Å². The van der Waals surface area contributed by atoms with Crippen LogP contribution < -0.4 is 5.32 Å². The van der Waals surface area contributed by atoms with Crippen molar-refractivity contribution in [3.63, 3.8) is 0 Å². The largest absolute Gasteiger partial charge is 0.319 e. The monoisotopic (exact) mass is 297 g/mol. The van der Waals surface area contributed by atoms with E-state index in [1.165, 1.54) is 19.3 Å². The molecule has 0 rings (SSSR count). The maximum absolute atomic E-state index is 10.4. The van der Waals surface area contributed by atoms with E-state index in [-0.39, 0.29) is 0 Å². The molecule has 2 N–H and O–H groups in total. The first-order valence-electron chi connectivity index (χ1n) is 6.64. The molecule has 1 atom stereocenters. The van der Waals surface area contributed by atoms with Crippen LogP contribution in [-0.4, -0.2) is 31.8 Å². The molecule has 0 radical (unpaired) electrons. The summed E-state index contributed by atoms with van der Waals surface area (Å²) < 4.78 is 29.4. The van der Waals surface area contributed by atoms with Gasteiger partial charge in [0.05, 0.1) is 0 Å². The molecule has 0 heterocycles. The van der Waals surface area contributed by atoms with Gasteiger partial charge in [-0.25, -0.2) is 0 Å². The Morgan fingerprint density at radius 1 is 1.11 bits per heavy atom. The Hall–Kier alpha value is 0.220. The summed E-state index contributed by atoms with van der Waals surface area (Å²) in [6.07, 6.45) is 4.97. The van der Waals surface area contributed by atoms with Gasteiger partial charge in [-0.05, 0) is 35.6 Å². The molecule has 0 saturated carbocycles. The van der Waals surface area contributed by atoms with Gasteiger partial charge in [0, 0.05) is 12.3 Å². The molecule has 110 valence electrons. The lowest BCUT2D eigenvalue weighted by molar-refractivity contribution is 0.428. The molecule has 0 spiro atoms. The third-order valence-corrected chi connectivity index (χ3v) is 4.87. The first-order chi connectivity index (χ1) is 8.31. The minimum absolute atomic E-state index is 0.389. The summed E-state index contributed by atoms with van der Waals surface area (Å²) in [6, 6.07) is 0. The van der Waals surface area contributed by atoms with Crippen molar-refractivity contribution in [2.24, 2.45) is 11.8 Å². The maximum atomic E-state index is 10.4. The standard InChI is InChI=1S/C12H27NO3S2/c1-11(2)5-4-6-12(3)7-8-13-9-10-17-18(14,15)16/h11-13H,4-10H2,1-3H3,(H,14,15,16). The van der Waals surface area contributed by atoms with Crippen molar-refractivity contribution in [1.82, 2.24) is 5.32 Å². The van der Waals surface area contributed by atoms with E-state index in [0.717, 1.165) is 18.9 Å². The third-order valence-electron chi connectivity index (χ3n) is 2.80. The van der Waals surface area contributed by atoms with Gasteiger partial charge >= 0.3 is 9.15 Å².